The minimum absolute atomic E-state index is 0.0802. The van der Waals surface area contributed by atoms with Gasteiger partial charge in [0.2, 0.25) is 0 Å². The maximum atomic E-state index is 12.9. The number of imide groups is 1. The quantitative estimate of drug-likeness (QED) is 0.600. The molecule has 3 amide bonds. The van der Waals surface area contributed by atoms with Gasteiger partial charge in [0.25, 0.3) is 11.5 Å². The van der Waals surface area contributed by atoms with Gasteiger partial charge in [-0.25, -0.2) is 9.78 Å². The van der Waals surface area contributed by atoms with Gasteiger partial charge in [-0.2, -0.15) is 0 Å². The molecule has 9 nitrogen and oxygen atoms in total. The molecule has 3 N–H and O–H groups in total. The maximum absolute atomic E-state index is 12.9. The Balaban J connectivity index is 2.17. The Labute approximate surface area is 174 Å². The molecule has 0 aliphatic carbocycles. The molecular weight excluding hydrogens is 388 g/mol. The molecule has 0 unspecified atom stereocenters. The first-order valence-corrected chi connectivity index (χ1v) is 10.0. The fourth-order valence-electron chi connectivity index (χ4n) is 3.05. The van der Waals surface area contributed by atoms with Crippen LogP contribution in [-0.2, 0) is 27.3 Å². The number of nitrogens with one attached hydrogen (secondary N) is 1. The normalized spacial score (nSPS) is 12.0. The molecule has 162 valence electrons. The number of para-hydroxylation sites is 2. The number of benzene rings is 1. The van der Waals surface area contributed by atoms with Crippen LogP contribution in [0.4, 0.5) is 4.79 Å². The zero-order chi connectivity index (χ0) is 22.3. The Kier molecular flexibility index (Phi) is 8.08. The number of aryl methyl sites for hydroxylation is 2. The zero-order valence-electron chi connectivity index (χ0n) is 17.5. The molecule has 0 radical (unpaired) electrons. The summed E-state index contributed by atoms with van der Waals surface area (Å²) in [5.41, 5.74) is 6.42. The number of hydrogen-bond donors (Lipinski definition) is 2. The molecular formula is C21H28N4O5. The minimum Gasteiger partial charge on any atom is -0.452 e. The SMILES string of the molecule is CCCCn1c(=O)c(CCC(=O)O[C@H](C(=O)NC(N)=O)C(C)C)nc2ccccc21. The average Bonchev–Trinajstić information content (AvgIpc) is 2.69. The van der Waals surface area contributed by atoms with E-state index in [0.717, 1.165) is 18.4 Å². The van der Waals surface area contributed by atoms with Gasteiger partial charge in [-0.3, -0.25) is 19.7 Å². The summed E-state index contributed by atoms with van der Waals surface area (Å²) >= 11 is 0. The molecule has 0 spiro atoms. The smallest absolute Gasteiger partial charge is 0.318 e. The molecule has 30 heavy (non-hydrogen) atoms. The number of ether oxygens (including phenoxy) is 1. The van der Waals surface area contributed by atoms with Crippen LogP contribution in [0.1, 0.15) is 45.7 Å². The van der Waals surface area contributed by atoms with Crippen molar-refractivity contribution < 1.29 is 19.1 Å². The van der Waals surface area contributed by atoms with Crippen LogP contribution in [-0.4, -0.2) is 33.6 Å². The minimum atomic E-state index is -1.16. The summed E-state index contributed by atoms with van der Waals surface area (Å²) in [5, 5.41) is 1.92. The van der Waals surface area contributed by atoms with E-state index < -0.39 is 24.0 Å². The summed E-state index contributed by atoms with van der Waals surface area (Å²) in [6, 6.07) is 6.35. The number of carbonyl (C=O) groups excluding carboxylic acids is 3. The van der Waals surface area contributed by atoms with Gasteiger partial charge in [0.1, 0.15) is 5.69 Å². The van der Waals surface area contributed by atoms with Gasteiger partial charge in [-0.05, 0) is 24.5 Å². The standard InChI is InChI=1S/C21H28N4O5/c1-4-5-12-25-16-9-7-6-8-14(16)23-15(20(25)28)10-11-17(26)30-18(13(2)3)19(27)24-21(22)29/h6-9,13,18H,4-5,10-12H2,1-3H3,(H3,22,24,27,29)/t18-/m0/s1. The third-order valence-electron chi connectivity index (χ3n) is 4.59. The average molecular weight is 416 g/mol. The van der Waals surface area contributed by atoms with Crippen LogP contribution in [0.3, 0.4) is 0 Å². The fourth-order valence-corrected chi connectivity index (χ4v) is 3.05. The zero-order valence-corrected chi connectivity index (χ0v) is 17.5. The van der Waals surface area contributed by atoms with Gasteiger partial charge >= 0.3 is 12.0 Å². The largest absolute Gasteiger partial charge is 0.452 e. The van der Waals surface area contributed by atoms with Crippen LogP contribution in [0.25, 0.3) is 11.0 Å². The Morgan fingerprint density at radius 1 is 1.23 bits per heavy atom. The monoisotopic (exact) mass is 416 g/mol. The number of amides is 3. The van der Waals surface area contributed by atoms with Crippen molar-refractivity contribution in [1.82, 2.24) is 14.9 Å². The lowest BCUT2D eigenvalue weighted by Crippen LogP contribution is -2.45. The molecule has 9 heteroatoms. The Bertz CT molecular complexity index is 983. The number of fused-ring (bicyclic) bond motifs is 1. The van der Waals surface area contributed by atoms with Crippen molar-refractivity contribution in [2.75, 3.05) is 0 Å². The first kappa shape index (κ1) is 23.1. The number of rotatable bonds is 9. The predicted octanol–water partition coefficient (Wildman–Crippen LogP) is 1.89. The highest BCUT2D eigenvalue weighted by Crippen LogP contribution is 2.13. The van der Waals surface area contributed by atoms with Crippen LogP contribution in [0.2, 0.25) is 0 Å². The number of aromatic nitrogens is 2. The second-order valence-corrected chi connectivity index (χ2v) is 7.37. The van der Waals surface area contributed by atoms with Crippen LogP contribution in [0, 0.1) is 5.92 Å². The van der Waals surface area contributed by atoms with E-state index in [4.69, 9.17) is 10.5 Å². The molecule has 1 aromatic carbocycles. The number of urea groups is 1. The third-order valence-corrected chi connectivity index (χ3v) is 4.59. The highest BCUT2D eigenvalue weighted by atomic mass is 16.5. The first-order chi connectivity index (χ1) is 14.2. The molecule has 0 saturated carbocycles. The van der Waals surface area contributed by atoms with Crippen molar-refractivity contribution in [3.8, 4) is 0 Å². The van der Waals surface area contributed by atoms with Crippen molar-refractivity contribution in [2.45, 2.75) is 59.1 Å². The van der Waals surface area contributed by atoms with E-state index in [0.29, 0.717) is 12.1 Å². The number of hydrogen-bond acceptors (Lipinski definition) is 6. The molecule has 0 bridgehead atoms. The van der Waals surface area contributed by atoms with Gasteiger partial charge in [0, 0.05) is 13.0 Å². The summed E-state index contributed by atoms with van der Waals surface area (Å²) in [5.74, 6) is -1.81. The summed E-state index contributed by atoms with van der Waals surface area (Å²) in [7, 11) is 0. The van der Waals surface area contributed by atoms with Crippen LogP contribution >= 0.6 is 0 Å². The Hall–Kier alpha value is -3.23. The molecule has 1 atom stereocenters. The van der Waals surface area contributed by atoms with Gasteiger partial charge in [0.05, 0.1) is 17.5 Å². The number of primary amides is 1. The fraction of sp³-hybridized carbons (Fsp3) is 0.476. The van der Waals surface area contributed by atoms with E-state index in [1.807, 2.05) is 36.5 Å². The van der Waals surface area contributed by atoms with E-state index in [9.17, 15) is 19.2 Å². The highest BCUT2D eigenvalue weighted by Gasteiger charge is 2.27. The van der Waals surface area contributed by atoms with Gasteiger partial charge < -0.3 is 15.0 Å². The summed E-state index contributed by atoms with van der Waals surface area (Å²) in [6.45, 7) is 5.97. The number of carbonyl (C=O) groups is 3. The van der Waals surface area contributed by atoms with Crippen LogP contribution < -0.4 is 16.6 Å². The molecule has 0 fully saturated rings. The van der Waals surface area contributed by atoms with Gasteiger partial charge in [0.15, 0.2) is 6.10 Å². The number of nitrogens with zero attached hydrogens (tertiary/aromatic N) is 2. The molecule has 2 rings (SSSR count). The van der Waals surface area contributed by atoms with Crippen LogP contribution in [0.15, 0.2) is 29.1 Å². The van der Waals surface area contributed by atoms with Crippen molar-refractivity contribution in [1.29, 1.82) is 0 Å². The van der Waals surface area contributed by atoms with Crippen molar-refractivity contribution in [3.05, 3.63) is 40.3 Å². The third kappa shape index (κ3) is 5.88. The molecule has 0 aliphatic heterocycles. The van der Waals surface area contributed by atoms with E-state index >= 15 is 0 Å². The van der Waals surface area contributed by atoms with Gasteiger partial charge in [-0.1, -0.05) is 39.3 Å². The molecule has 1 aromatic heterocycles. The predicted molar refractivity (Wildman–Crippen MR) is 112 cm³/mol. The second kappa shape index (κ2) is 10.5. The van der Waals surface area contributed by atoms with E-state index in [1.54, 1.807) is 18.4 Å². The van der Waals surface area contributed by atoms with Crippen molar-refractivity contribution >= 4 is 28.9 Å². The Morgan fingerprint density at radius 3 is 2.57 bits per heavy atom. The summed E-state index contributed by atoms with van der Waals surface area (Å²) < 4.78 is 6.91. The Morgan fingerprint density at radius 2 is 1.93 bits per heavy atom. The number of unbranched alkanes of at least 4 members (excludes halogenated alkanes) is 1. The van der Waals surface area contributed by atoms with Crippen molar-refractivity contribution in [3.63, 3.8) is 0 Å². The van der Waals surface area contributed by atoms with Crippen LogP contribution in [0.5, 0.6) is 0 Å². The summed E-state index contributed by atoms with van der Waals surface area (Å²) in [6.07, 6.45) is 0.587. The summed E-state index contributed by atoms with van der Waals surface area (Å²) in [4.78, 5) is 52.5. The topological polar surface area (TPSA) is 133 Å². The van der Waals surface area contributed by atoms with E-state index in [-0.39, 0.29) is 30.0 Å². The lowest BCUT2D eigenvalue weighted by molar-refractivity contribution is -0.158. The molecule has 2 aromatic rings. The first-order valence-electron chi connectivity index (χ1n) is 10.0. The molecule has 0 aliphatic rings. The van der Waals surface area contributed by atoms with Crippen molar-refractivity contribution in [2.24, 2.45) is 11.7 Å². The lowest BCUT2D eigenvalue weighted by Gasteiger charge is -2.19. The second-order valence-electron chi connectivity index (χ2n) is 7.37. The highest BCUT2D eigenvalue weighted by molar-refractivity contribution is 5.96. The van der Waals surface area contributed by atoms with E-state index in [2.05, 4.69) is 4.98 Å². The lowest BCUT2D eigenvalue weighted by atomic mass is 10.1. The number of esters is 1. The van der Waals surface area contributed by atoms with Gasteiger partial charge in [-0.15, -0.1) is 0 Å². The van der Waals surface area contributed by atoms with E-state index in [1.165, 1.54) is 0 Å². The molecule has 1 heterocycles. The number of nitrogens with two attached hydrogens (primary N) is 1. The molecule has 0 saturated heterocycles. The maximum Gasteiger partial charge on any atom is 0.318 e.